The predicted octanol–water partition coefficient (Wildman–Crippen LogP) is 3.79. The average Bonchev–Trinajstić information content (AvgIpc) is 3.17. The normalized spacial score (nSPS) is 19.8. The molecule has 190 valence electrons. The van der Waals surface area contributed by atoms with Crippen molar-refractivity contribution < 1.29 is 18.0 Å². The topological polar surface area (TPSA) is 51.7 Å². The summed E-state index contributed by atoms with van der Waals surface area (Å²) in [6.45, 7) is 10.9. The molecule has 0 aliphatic carbocycles. The van der Waals surface area contributed by atoms with Crippen LogP contribution in [0.2, 0.25) is 0 Å². The lowest BCUT2D eigenvalue weighted by Gasteiger charge is -2.32. The number of carbonyl (C=O) groups is 1. The van der Waals surface area contributed by atoms with Crippen molar-refractivity contribution >= 4 is 5.91 Å². The minimum Gasteiger partial charge on any atom is -0.351 e. The summed E-state index contributed by atoms with van der Waals surface area (Å²) in [5.74, 6) is 0.137. The number of rotatable bonds is 7. The van der Waals surface area contributed by atoms with Gasteiger partial charge in [-0.05, 0) is 42.3 Å². The molecule has 2 aliphatic rings. The van der Waals surface area contributed by atoms with Crippen molar-refractivity contribution in [2.24, 2.45) is 5.92 Å². The number of nitrogens with zero attached hydrogens (tertiary/aromatic N) is 4. The van der Waals surface area contributed by atoms with Crippen LogP contribution in [0.1, 0.15) is 52.6 Å². The van der Waals surface area contributed by atoms with Gasteiger partial charge in [0, 0.05) is 58.6 Å². The van der Waals surface area contributed by atoms with E-state index in [-0.39, 0.29) is 17.9 Å². The Bertz CT molecular complexity index is 1020. The van der Waals surface area contributed by atoms with Crippen molar-refractivity contribution in [1.82, 2.24) is 25.0 Å². The highest BCUT2D eigenvalue weighted by atomic mass is 19.4. The van der Waals surface area contributed by atoms with Gasteiger partial charge >= 0.3 is 6.18 Å². The molecule has 0 spiro atoms. The minimum atomic E-state index is -4.34. The van der Waals surface area contributed by atoms with E-state index in [0.29, 0.717) is 25.2 Å². The Labute approximate surface area is 205 Å². The number of carbonyl (C=O) groups excluding carboxylic acids is 1. The predicted molar refractivity (Wildman–Crippen MR) is 129 cm³/mol. The van der Waals surface area contributed by atoms with Gasteiger partial charge in [0.15, 0.2) is 0 Å². The first kappa shape index (κ1) is 25.6. The fourth-order valence-electron chi connectivity index (χ4n) is 4.95. The Kier molecular flexibility index (Phi) is 7.78. The van der Waals surface area contributed by atoms with Crippen LogP contribution in [-0.4, -0.2) is 71.9 Å². The molecule has 1 saturated heterocycles. The zero-order valence-electron chi connectivity index (χ0n) is 20.6. The van der Waals surface area contributed by atoms with Crippen molar-refractivity contribution in [2.75, 3.05) is 46.3 Å². The molecule has 1 N–H and O–H groups in total. The molecule has 0 bridgehead atoms. The maximum Gasteiger partial charge on any atom is 0.416 e. The second kappa shape index (κ2) is 10.6. The van der Waals surface area contributed by atoms with Gasteiger partial charge in [-0.25, -0.2) is 0 Å². The Hall–Kier alpha value is -2.49. The van der Waals surface area contributed by atoms with Crippen LogP contribution in [0.4, 0.5) is 13.2 Å². The quantitative estimate of drug-likeness (QED) is 0.642. The number of hydrogen-bond donors (Lipinski definition) is 1. The van der Waals surface area contributed by atoms with Crippen molar-refractivity contribution in [1.29, 1.82) is 0 Å². The number of likely N-dealkylation sites (N-methyl/N-ethyl adjacent to an activating group) is 1. The van der Waals surface area contributed by atoms with Gasteiger partial charge in [-0.2, -0.15) is 13.2 Å². The number of aromatic nitrogens is 1. The molecule has 1 unspecified atom stereocenters. The first-order chi connectivity index (χ1) is 16.6. The van der Waals surface area contributed by atoms with Crippen LogP contribution in [0.5, 0.6) is 0 Å². The number of alkyl halides is 3. The summed E-state index contributed by atoms with van der Waals surface area (Å²) in [6.07, 6.45) is -2.70. The van der Waals surface area contributed by atoms with Crippen LogP contribution >= 0.6 is 0 Å². The highest BCUT2D eigenvalue weighted by Gasteiger charge is 2.35. The third-order valence-electron chi connectivity index (χ3n) is 6.92. The fourth-order valence-corrected chi connectivity index (χ4v) is 4.95. The minimum absolute atomic E-state index is 0.0432. The summed E-state index contributed by atoms with van der Waals surface area (Å²) in [7, 11) is 2.12. The van der Waals surface area contributed by atoms with Crippen LogP contribution in [0.25, 0.3) is 0 Å². The van der Waals surface area contributed by atoms with Gasteiger partial charge in [-0.3, -0.25) is 19.6 Å². The summed E-state index contributed by atoms with van der Waals surface area (Å²) in [4.78, 5) is 24.3. The molecule has 3 heterocycles. The van der Waals surface area contributed by atoms with Crippen molar-refractivity contribution in [2.45, 2.75) is 39.2 Å². The van der Waals surface area contributed by atoms with Crippen LogP contribution in [0.3, 0.4) is 0 Å². The van der Waals surface area contributed by atoms with E-state index in [9.17, 15) is 18.0 Å². The molecule has 1 aromatic carbocycles. The summed E-state index contributed by atoms with van der Waals surface area (Å²) >= 11 is 0. The van der Waals surface area contributed by atoms with E-state index < -0.39 is 11.7 Å². The monoisotopic (exact) mass is 489 g/mol. The van der Waals surface area contributed by atoms with E-state index in [4.69, 9.17) is 0 Å². The Morgan fingerprint density at radius 1 is 1.14 bits per heavy atom. The van der Waals surface area contributed by atoms with Gasteiger partial charge in [0.1, 0.15) is 0 Å². The number of nitrogens with one attached hydrogen (secondary N) is 1. The molecular formula is C26H34F3N5O. The number of pyridine rings is 1. The molecule has 1 fully saturated rings. The van der Waals surface area contributed by atoms with Gasteiger partial charge in [-0.1, -0.05) is 26.0 Å². The third kappa shape index (κ3) is 6.20. The molecule has 1 aromatic heterocycles. The number of halogens is 3. The van der Waals surface area contributed by atoms with Gasteiger partial charge in [-0.15, -0.1) is 0 Å². The summed E-state index contributed by atoms with van der Waals surface area (Å²) in [5.41, 5.74) is 2.67. The van der Waals surface area contributed by atoms with Gasteiger partial charge in [0.05, 0.1) is 22.9 Å². The second-order valence-electron chi connectivity index (χ2n) is 9.96. The molecule has 4 rings (SSSR count). The summed E-state index contributed by atoms with van der Waals surface area (Å²) in [5, 5.41) is 3.01. The number of piperazine rings is 1. The smallest absolute Gasteiger partial charge is 0.351 e. The maximum absolute atomic E-state index is 12.9. The lowest BCUT2D eigenvalue weighted by atomic mass is 9.99. The molecule has 35 heavy (non-hydrogen) atoms. The number of hydrogen-bond acceptors (Lipinski definition) is 5. The fraction of sp³-hybridized carbons (Fsp3) is 0.538. The van der Waals surface area contributed by atoms with E-state index >= 15 is 0 Å². The van der Waals surface area contributed by atoms with E-state index in [1.807, 2.05) is 6.07 Å². The van der Waals surface area contributed by atoms with Crippen LogP contribution in [0.15, 0.2) is 36.5 Å². The van der Waals surface area contributed by atoms with Crippen LogP contribution in [0, 0.1) is 5.92 Å². The van der Waals surface area contributed by atoms with Gasteiger partial charge < -0.3 is 10.2 Å². The van der Waals surface area contributed by atoms with E-state index in [1.54, 1.807) is 6.20 Å². The molecule has 2 aliphatic heterocycles. The van der Waals surface area contributed by atoms with Gasteiger partial charge in [0.25, 0.3) is 5.91 Å². The van der Waals surface area contributed by atoms with Crippen LogP contribution in [-0.2, 0) is 19.3 Å². The van der Waals surface area contributed by atoms with E-state index in [1.165, 1.54) is 12.1 Å². The second-order valence-corrected chi connectivity index (χ2v) is 9.96. The molecule has 1 amide bonds. The molecule has 2 aromatic rings. The largest absolute Gasteiger partial charge is 0.416 e. The maximum atomic E-state index is 12.9. The lowest BCUT2D eigenvalue weighted by Crippen LogP contribution is -2.46. The number of fused-ring (bicyclic) bond motifs is 1. The first-order valence-corrected chi connectivity index (χ1v) is 12.2. The Balaban J connectivity index is 1.39. The third-order valence-corrected chi connectivity index (χ3v) is 6.92. The molecule has 9 heteroatoms. The Morgan fingerprint density at radius 3 is 2.46 bits per heavy atom. The Morgan fingerprint density at radius 2 is 1.83 bits per heavy atom. The standard InChI is InChI=1S/C26H34F3N5O/c1-18(2)24-23-21(17-34(24)16-19-4-6-22(7-5-19)26(27,28)29)14-20(15-31-23)25(35)30-8-9-33-12-10-32(3)11-13-33/h4-7,14-15,18,24H,8-13,16-17H2,1-3H3,(H,30,35). The molecule has 6 nitrogen and oxygen atoms in total. The molecule has 0 radical (unpaired) electrons. The first-order valence-electron chi connectivity index (χ1n) is 12.2. The summed E-state index contributed by atoms with van der Waals surface area (Å²) in [6, 6.07) is 7.29. The van der Waals surface area contributed by atoms with Crippen molar-refractivity contribution in [3.63, 3.8) is 0 Å². The average molecular weight is 490 g/mol. The summed E-state index contributed by atoms with van der Waals surface area (Å²) < 4.78 is 38.7. The highest BCUT2D eigenvalue weighted by Crippen LogP contribution is 2.39. The highest BCUT2D eigenvalue weighted by molar-refractivity contribution is 5.94. The molecule has 0 saturated carbocycles. The zero-order chi connectivity index (χ0) is 25.2. The van der Waals surface area contributed by atoms with Crippen molar-refractivity contribution in [3.05, 3.63) is 64.5 Å². The molecular weight excluding hydrogens is 455 g/mol. The number of benzene rings is 1. The molecule has 1 atom stereocenters. The van der Waals surface area contributed by atoms with E-state index in [2.05, 4.69) is 45.9 Å². The zero-order valence-corrected chi connectivity index (χ0v) is 20.6. The lowest BCUT2D eigenvalue weighted by molar-refractivity contribution is -0.137. The van der Waals surface area contributed by atoms with E-state index in [0.717, 1.165) is 61.7 Å². The number of amides is 1. The van der Waals surface area contributed by atoms with Gasteiger partial charge in [0.2, 0.25) is 0 Å². The SMILES string of the molecule is CC(C)C1c2ncc(C(=O)NCCN3CCN(C)CC3)cc2CN1Cc1ccc(C(F)(F)F)cc1. The van der Waals surface area contributed by atoms with Crippen molar-refractivity contribution in [3.8, 4) is 0 Å². The van der Waals surface area contributed by atoms with Crippen LogP contribution < -0.4 is 5.32 Å².